The van der Waals surface area contributed by atoms with Gasteiger partial charge in [0.05, 0.1) is 0 Å². The minimum Gasteiger partial charge on any atom is -0.0931 e. The zero-order chi connectivity index (χ0) is 5.70. The number of halogens is 2. The summed E-state index contributed by atoms with van der Waals surface area (Å²) in [5.74, 6) is 0. The molecule has 0 amide bonds. The van der Waals surface area contributed by atoms with E-state index in [2.05, 4.69) is 12.2 Å². The van der Waals surface area contributed by atoms with Crippen molar-refractivity contribution in [1.82, 2.24) is 0 Å². The van der Waals surface area contributed by atoms with Crippen molar-refractivity contribution in [1.29, 1.82) is 0 Å². The van der Waals surface area contributed by atoms with Crippen LogP contribution in [0.3, 0.4) is 0 Å². The Hall–Kier alpha value is 0.410. The lowest BCUT2D eigenvalue weighted by Crippen LogP contribution is -1.67. The standard InChI is InChI=1S/C4H4Cl2S/c5-3-4(6)1-2-7/h2-3H,1H2/b4-3-. The Morgan fingerprint density at radius 3 is 2.43 bits per heavy atom. The van der Waals surface area contributed by atoms with Gasteiger partial charge in [0, 0.05) is 17.0 Å². The Bertz CT molecular complexity index is 87.7. The summed E-state index contributed by atoms with van der Waals surface area (Å²) in [5.41, 5.74) is 1.31. The van der Waals surface area contributed by atoms with Crippen molar-refractivity contribution >= 4 is 40.8 Å². The fraction of sp³-hybridized carbons (Fsp3) is 0.250. The normalized spacial score (nSPS) is 11.4. The highest BCUT2D eigenvalue weighted by Crippen LogP contribution is 2.05. The summed E-state index contributed by atoms with van der Waals surface area (Å²) in [4.78, 5) is 0. The van der Waals surface area contributed by atoms with E-state index < -0.39 is 0 Å². The third-order valence-electron chi connectivity index (χ3n) is 0.397. The van der Waals surface area contributed by atoms with Crippen molar-refractivity contribution in [3.63, 3.8) is 0 Å². The lowest BCUT2D eigenvalue weighted by molar-refractivity contribution is 1.53. The average molecular weight is 155 g/mol. The molecule has 0 rings (SSSR count). The molecule has 3 heteroatoms. The number of rotatable bonds is 2. The van der Waals surface area contributed by atoms with Crippen molar-refractivity contribution < 1.29 is 0 Å². The summed E-state index contributed by atoms with van der Waals surface area (Å²) in [6.07, 6.45) is 0.584. The second-order valence-corrected chi connectivity index (χ2v) is 1.96. The van der Waals surface area contributed by atoms with E-state index >= 15 is 0 Å². The van der Waals surface area contributed by atoms with Gasteiger partial charge in [-0.05, 0) is 5.37 Å². The summed E-state index contributed by atoms with van der Waals surface area (Å²) in [6.45, 7) is 0. The number of thiocarbonyl (C=S) groups is 1. The SMILES string of the molecule is S=CC/C(Cl)=C/Cl. The highest BCUT2D eigenvalue weighted by Gasteiger charge is 1.82. The topological polar surface area (TPSA) is 0 Å². The largest absolute Gasteiger partial charge is 0.0931 e. The zero-order valence-corrected chi connectivity index (χ0v) is 5.85. The molecule has 0 N–H and O–H groups in total. The van der Waals surface area contributed by atoms with E-state index in [1.807, 2.05) is 0 Å². The highest BCUT2D eigenvalue weighted by atomic mass is 35.5. The minimum atomic E-state index is 0.580. The predicted molar refractivity (Wildman–Crippen MR) is 38.1 cm³/mol. The Morgan fingerprint density at radius 2 is 2.29 bits per heavy atom. The van der Waals surface area contributed by atoms with Gasteiger partial charge < -0.3 is 0 Å². The molecule has 0 aliphatic carbocycles. The molecule has 0 aromatic rings. The van der Waals surface area contributed by atoms with Gasteiger partial charge in [0.25, 0.3) is 0 Å². The lowest BCUT2D eigenvalue weighted by atomic mass is 10.5. The first-order valence-corrected chi connectivity index (χ1v) is 2.98. The van der Waals surface area contributed by atoms with Crippen LogP contribution in [0.15, 0.2) is 10.6 Å². The summed E-state index contributed by atoms with van der Waals surface area (Å²) >= 11 is 15.1. The molecule has 0 spiro atoms. The van der Waals surface area contributed by atoms with Crippen LogP contribution in [-0.4, -0.2) is 5.37 Å². The molecule has 0 saturated heterocycles. The molecule has 40 valence electrons. The van der Waals surface area contributed by atoms with Crippen LogP contribution in [0.25, 0.3) is 0 Å². The summed E-state index contributed by atoms with van der Waals surface area (Å²) in [6, 6.07) is 0. The Morgan fingerprint density at radius 1 is 1.71 bits per heavy atom. The van der Waals surface area contributed by atoms with Crippen LogP contribution in [0, 0.1) is 0 Å². The molecule has 0 bridgehead atoms. The van der Waals surface area contributed by atoms with Gasteiger partial charge in [-0.1, -0.05) is 35.4 Å². The molecular weight excluding hydrogens is 151 g/mol. The molecule has 0 heterocycles. The van der Waals surface area contributed by atoms with Crippen LogP contribution < -0.4 is 0 Å². The Balaban J connectivity index is 3.36. The molecule has 7 heavy (non-hydrogen) atoms. The van der Waals surface area contributed by atoms with Crippen LogP contribution >= 0.6 is 35.4 Å². The van der Waals surface area contributed by atoms with Gasteiger partial charge in [0.15, 0.2) is 0 Å². The van der Waals surface area contributed by atoms with E-state index in [1.165, 1.54) is 10.9 Å². The fourth-order valence-electron chi connectivity index (χ4n) is 0.124. The fourth-order valence-corrected chi connectivity index (χ4v) is 0.561. The van der Waals surface area contributed by atoms with Gasteiger partial charge in [-0.25, -0.2) is 0 Å². The smallest absolute Gasteiger partial charge is 0.0339 e. The predicted octanol–water partition coefficient (Wildman–Crippen LogP) is 2.70. The molecular formula is C4H4Cl2S. The summed E-state index contributed by atoms with van der Waals surface area (Å²) in [5, 5.41) is 2.11. The summed E-state index contributed by atoms with van der Waals surface area (Å²) < 4.78 is 0. The van der Waals surface area contributed by atoms with Crippen molar-refractivity contribution in [2.45, 2.75) is 6.42 Å². The van der Waals surface area contributed by atoms with E-state index in [0.29, 0.717) is 11.5 Å². The van der Waals surface area contributed by atoms with Gasteiger partial charge in [-0.2, -0.15) is 0 Å². The first-order valence-electron chi connectivity index (χ1n) is 1.69. The monoisotopic (exact) mass is 154 g/mol. The van der Waals surface area contributed by atoms with Crippen LogP contribution in [0.1, 0.15) is 6.42 Å². The Labute approximate surface area is 58.1 Å². The van der Waals surface area contributed by atoms with Crippen LogP contribution in [0.5, 0.6) is 0 Å². The second kappa shape index (κ2) is 4.57. The maximum Gasteiger partial charge on any atom is 0.0339 e. The van der Waals surface area contributed by atoms with Gasteiger partial charge in [0.1, 0.15) is 0 Å². The third-order valence-corrected chi connectivity index (χ3v) is 1.20. The van der Waals surface area contributed by atoms with Crippen molar-refractivity contribution in [3.05, 3.63) is 10.6 Å². The van der Waals surface area contributed by atoms with Gasteiger partial charge in [-0.3, -0.25) is 0 Å². The Kier molecular flexibility index (Phi) is 4.83. The number of hydrogen-bond acceptors (Lipinski definition) is 1. The summed E-state index contributed by atoms with van der Waals surface area (Å²) in [7, 11) is 0. The van der Waals surface area contributed by atoms with E-state index in [9.17, 15) is 0 Å². The molecule has 0 fully saturated rings. The van der Waals surface area contributed by atoms with Crippen LogP contribution in [0.4, 0.5) is 0 Å². The van der Waals surface area contributed by atoms with E-state index in [-0.39, 0.29) is 0 Å². The van der Waals surface area contributed by atoms with Crippen molar-refractivity contribution in [3.8, 4) is 0 Å². The molecule has 0 nitrogen and oxygen atoms in total. The van der Waals surface area contributed by atoms with E-state index in [0.717, 1.165) is 0 Å². The zero-order valence-electron chi connectivity index (χ0n) is 3.53. The second-order valence-electron chi connectivity index (χ2n) is 0.927. The average Bonchev–Trinajstić information content (AvgIpc) is 1.68. The van der Waals surface area contributed by atoms with Crippen LogP contribution in [0.2, 0.25) is 0 Å². The molecule has 0 radical (unpaired) electrons. The molecule has 0 unspecified atom stereocenters. The molecule has 0 aromatic carbocycles. The third kappa shape index (κ3) is 4.26. The van der Waals surface area contributed by atoms with Crippen molar-refractivity contribution in [2.24, 2.45) is 0 Å². The van der Waals surface area contributed by atoms with Gasteiger partial charge >= 0.3 is 0 Å². The first-order chi connectivity index (χ1) is 3.31. The number of hydrogen-bond donors (Lipinski definition) is 0. The maximum atomic E-state index is 5.40. The lowest BCUT2D eigenvalue weighted by Gasteiger charge is -1.81. The highest BCUT2D eigenvalue weighted by molar-refractivity contribution is 7.79. The van der Waals surface area contributed by atoms with Gasteiger partial charge in [-0.15, -0.1) is 0 Å². The van der Waals surface area contributed by atoms with Crippen LogP contribution in [-0.2, 0) is 0 Å². The van der Waals surface area contributed by atoms with Crippen molar-refractivity contribution in [2.75, 3.05) is 0 Å². The van der Waals surface area contributed by atoms with E-state index in [4.69, 9.17) is 23.2 Å². The molecule has 0 aliphatic heterocycles. The molecule has 0 atom stereocenters. The van der Waals surface area contributed by atoms with E-state index in [1.54, 1.807) is 0 Å². The minimum absolute atomic E-state index is 0.580. The first kappa shape index (κ1) is 7.41. The molecule has 0 saturated carbocycles. The number of allylic oxidation sites excluding steroid dienone is 1. The quantitative estimate of drug-likeness (QED) is 0.552. The maximum absolute atomic E-state index is 5.40. The molecule has 0 aliphatic rings. The molecule has 0 aromatic heterocycles. The van der Waals surface area contributed by atoms with Gasteiger partial charge in [0.2, 0.25) is 0 Å².